The number of nitrogens with one attached hydrogen (secondary N) is 3. The third-order valence-corrected chi connectivity index (χ3v) is 9.20. The van der Waals surface area contributed by atoms with Crippen molar-refractivity contribution in [2.45, 2.75) is 63.1 Å². The number of β-lactam (4-membered cyclic amide) rings is 1. The summed E-state index contributed by atoms with van der Waals surface area (Å²) in [5, 5.41) is 39.9. The molecule has 4 rings (SSSR count). The number of carbonyl (C=O) groups excluding carboxylic acids is 3. The first-order valence-electron chi connectivity index (χ1n) is 13.4. The molecule has 0 spiro atoms. The number of nitrogens with two attached hydrogens (primary N) is 1. The normalized spacial score (nSPS) is 28.2. The van der Waals surface area contributed by atoms with Gasteiger partial charge in [0.05, 0.1) is 30.7 Å². The van der Waals surface area contributed by atoms with E-state index in [1.54, 1.807) is 18.7 Å². The van der Waals surface area contributed by atoms with Gasteiger partial charge in [-0.15, -0.1) is 11.8 Å². The number of amides is 3. The maximum absolute atomic E-state index is 13.3. The molecule has 3 saturated heterocycles. The molecule has 3 amide bonds. The van der Waals surface area contributed by atoms with Gasteiger partial charge >= 0.3 is 5.97 Å². The monoisotopic (exact) mass is 637 g/mol. The lowest BCUT2D eigenvalue weighted by molar-refractivity contribution is -0.163. The number of carboxylic acids is 1. The van der Waals surface area contributed by atoms with E-state index in [9.17, 15) is 29.4 Å². The second kappa shape index (κ2) is 16.7. The highest BCUT2D eigenvalue weighted by Crippen LogP contribution is 2.52. The molecular weight excluding hydrogens is 590 g/mol. The van der Waals surface area contributed by atoms with Gasteiger partial charge < -0.3 is 57.9 Å². The molecule has 7 atom stereocenters. The molecule has 14 N–H and O–H groups in total. The van der Waals surface area contributed by atoms with Gasteiger partial charge in [0.25, 0.3) is 0 Å². The minimum Gasteiger partial charge on any atom is -0.477 e. The molecule has 0 saturated carbocycles. The highest BCUT2D eigenvalue weighted by atomic mass is 32.2. The Morgan fingerprint density at radius 2 is 1.81 bits per heavy atom. The zero-order chi connectivity index (χ0) is 29.9. The largest absolute Gasteiger partial charge is 0.477 e. The number of aliphatic carboxylic acids is 1. The van der Waals surface area contributed by atoms with E-state index >= 15 is 0 Å². The number of likely N-dealkylation sites (N-methyl/N-ethyl adjacent to an activating group) is 1. The molecule has 0 aromatic heterocycles. The standard InChI is InChI=1S/C23H35N7O6S.C2H6O.3H2O/c1-10-17-16(11(2)31)21(34)30(17)18(22(35)36)19(10)37-13-6-14(28(3)9-13)20(33)29-5-4-12(8-29)27-15(32)7-26-23(24)25;1-2-3;;;/h10-14,16-17,31H,4-9H2,1-3H3,(H,27,32)(H,35,36)(H4,24,25,26);3H,2H2,1H3;3*1H2/t10-,11-,12+,13+,14+,16-,17-;;;;/m1..../s1. The molecule has 248 valence electrons. The average molecular weight is 638 g/mol. The summed E-state index contributed by atoms with van der Waals surface area (Å²) >= 11 is 1.43. The van der Waals surface area contributed by atoms with Crippen molar-refractivity contribution in [1.29, 1.82) is 5.41 Å². The maximum atomic E-state index is 13.3. The molecule has 0 aromatic rings. The zero-order valence-corrected chi connectivity index (χ0v) is 25.6. The van der Waals surface area contributed by atoms with Crippen LogP contribution in [0.25, 0.3) is 0 Å². The molecule has 43 heavy (non-hydrogen) atoms. The molecule has 17 nitrogen and oxygen atoms in total. The number of guanidine groups is 1. The number of nitrogens with zero attached hydrogens (tertiary/aromatic N) is 3. The van der Waals surface area contributed by atoms with Crippen molar-refractivity contribution in [2.75, 3.05) is 39.8 Å². The third-order valence-electron chi connectivity index (χ3n) is 7.70. The first kappa shape index (κ1) is 40.0. The molecule has 0 aromatic carbocycles. The van der Waals surface area contributed by atoms with Crippen LogP contribution in [-0.4, -0.2) is 145 Å². The lowest BCUT2D eigenvalue weighted by atomic mass is 9.79. The van der Waals surface area contributed by atoms with E-state index in [1.165, 1.54) is 16.7 Å². The van der Waals surface area contributed by atoms with Gasteiger partial charge in [0.2, 0.25) is 17.7 Å². The maximum Gasteiger partial charge on any atom is 0.353 e. The van der Waals surface area contributed by atoms with Crippen molar-refractivity contribution >= 4 is 41.4 Å². The number of hydrogen-bond donors (Lipinski definition) is 7. The predicted octanol–water partition coefficient (Wildman–Crippen LogP) is -4.33. The Balaban J connectivity index is 0.00000282. The molecule has 0 bridgehead atoms. The molecular formula is C25H47N7O10S. The number of aliphatic hydroxyl groups excluding tert-OH is 2. The van der Waals surface area contributed by atoms with Gasteiger partial charge in [-0.2, -0.15) is 0 Å². The smallest absolute Gasteiger partial charge is 0.353 e. The number of carbonyl (C=O) groups is 4. The highest BCUT2D eigenvalue weighted by Gasteiger charge is 2.60. The fourth-order valence-electron chi connectivity index (χ4n) is 5.93. The van der Waals surface area contributed by atoms with Crippen LogP contribution in [0.2, 0.25) is 0 Å². The number of thioether (sulfide) groups is 1. The second-order valence-electron chi connectivity index (χ2n) is 10.6. The van der Waals surface area contributed by atoms with E-state index in [2.05, 4.69) is 10.6 Å². The molecule has 3 fully saturated rings. The minimum atomic E-state index is -1.16. The lowest BCUT2D eigenvalue weighted by Gasteiger charge is -2.46. The summed E-state index contributed by atoms with van der Waals surface area (Å²) in [6.07, 6.45) is 0.320. The molecule has 4 aliphatic heterocycles. The van der Waals surface area contributed by atoms with Gasteiger partial charge in [-0.05, 0) is 33.7 Å². The Labute approximate surface area is 254 Å². The van der Waals surface area contributed by atoms with Crippen molar-refractivity contribution in [3.63, 3.8) is 0 Å². The van der Waals surface area contributed by atoms with Crippen LogP contribution in [0.5, 0.6) is 0 Å². The molecule has 18 heteroatoms. The van der Waals surface area contributed by atoms with Crippen molar-refractivity contribution in [3.05, 3.63) is 10.6 Å². The predicted molar refractivity (Wildman–Crippen MR) is 159 cm³/mol. The Hall–Kier alpha value is -3.00. The summed E-state index contributed by atoms with van der Waals surface area (Å²) in [4.78, 5) is 55.7. The van der Waals surface area contributed by atoms with Crippen molar-refractivity contribution in [2.24, 2.45) is 17.6 Å². The first-order chi connectivity index (χ1) is 18.8. The van der Waals surface area contributed by atoms with Crippen molar-refractivity contribution in [1.82, 2.24) is 25.3 Å². The first-order valence-corrected chi connectivity index (χ1v) is 14.3. The Bertz CT molecular complexity index is 1060. The Morgan fingerprint density at radius 3 is 2.35 bits per heavy atom. The summed E-state index contributed by atoms with van der Waals surface area (Å²) in [6, 6.07) is -0.894. The fourth-order valence-corrected chi connectivity index (χ4v) is 7.53. The summed E-state index contributed by atoms with van der Waals surface area (Å²) < 4.78 is 0. The SMILES string of the molecule is CCO.C[C@@H](O)[C@H]1C(=O)N2C(C(=O)O)=C(S[C@H]3C[C@@H](C(=O)N4CC[C@H](NC(=O)CNC(=N)N)C4)N(C)C3)[C@H](C)[C@H]12.O.O.O. The quantitative estimate of drug-likeness (QED) is 0.0758. The molecule has 0 unspecified atom stereocenters. The second-order valence-corrected chi connectivity index (χ2v) is 12.0. The van der Waals surface area contributed by atoms with Gasteiger partial charge in [-0.25, -0.2) is 4.79 Å². The van der Waals surface area contributed by atoms with E-state index < -0.39 is 18.0 Å². The highest BCUT2D eigenvalue weighted by molar-refractivity contribution is 8.03. The van der Waals surface area contributed by atoms with Crippen LogP contribution in [0.3, 0.4) is 0 Å². The van der Waals surface area contributed by atoms with Crippen LogP contribution in [0.15, 0.2) is 10.6 Å². The van der Waals surface area contributed by atoms with Crippen molar-refractivity contribution in [3.8, 4) is 0 Å². The van der Waals surface area contributed by atoms with Gasteiger partial charge in [-0.1, -0.05) is 6.92 Å². The summed E-state index contributed by atoms with van der Waals surface area (Å²) in [5.41, 5.74) is 5.20. The molecule has 4 aliphatic rings. The van der Waals surface area contributed by atoms with Gasteiger partial charge in [0, 0.05) is 48.4 Å². The fraction of sp³-hybridized carbons (Fsp3) is 0.720. The number of aliphatic hydroxyl groups is 2. The summed E-state index contributed by atoms with van der Waals surface area (Å²) in [6.45, 7) is 6.79. The number of fused-ring (bicyclic) bond motifs is 1. The van der Waals surface area contributed by atoms with Crippen LogP contribution in [0.4, 0.5) is 0 Å². The number of carboxylic acid groups (broad SMARTS) is 1. The number of hydrogen-bond acceptors (Lipinski definition) is 9. The van der Waals surface area contributed by atoms with Crippen LogP contribution < -0.4 is 16.4 Å². The van der Waals surface area contributed by atoms with E-state index in [-0.39, 0.29) is 88.3 Å². The van der Waals surface area contributed by atoms with E-state index in [0.717, 1.165) is 0 Å². The van der Waals surface area contributed by atoms with Crippen molar-refractivity contribution < 1.29 is 50.9 Å². The van der Waals surface area contributed by atoms with Crippen LogP contribution in [0, 0.1) is 17.2 Å². The lowest BCUT2D eigenvalue weighted by Crippen LogP contribution is -2.63. The van der Waals surface area contributed by atoms with Crippen LogP contribution in [0.1, 0.15) is 33.6 Å². The minimum absolute atomic E-state index is 0. The topological polar surface area (TPSA) is 307 Å². The Morgan fingerprint density at radius 1 is 1.21 bits per heavy atom. The number of likely N-dealkylation sites (tertiary alicyclic amines) is 2. The third kappa shape index (κ3) is 8.55. The summed E-state index contributed by atoms with van der Waals surface area (Å²) in [5.74, 6) is -2.94. The van der Waals surface area contributed by atoms with Crippen LogP contribution in [-0.2, 0) is 19.2 Å². The van der Waals surface area contributed by atoms with Gasteiger partial charge in [0.1, 0.15) is 5.70 Å². The van der Waals surface area contributed by atoms with E-state index in [1.807, 2.05) is 18.9 Å². The van der Waals surface area contributed by atoms with E-state index in [0.29, 0.717) is 37.4 Å². The van der Waals surface area contributed by atoms with Crippen LogP contribution >= 0.6 is 11.8 Å². The molecule has 4 heterocycles. The number of rotatable bonds is 8. The Kier molecular flexibility index (Phi) is 15.6. The molecule has 0 aliphatic carbocycles. The van der Waals surface area contributed by atoms with E-state index in [4.69, 9.17) is 16.2 Å². The van der Waals surface area contributed by atoms with Gasteiger partial charge in [0.15, 0.2) is 5.96 Å². The zero-order valence-electron chi connectivity index (χ0n) is 24.8. The average Bonchev–Trinajstić information content (AvgIpc) is 3.54. The van der Waals surface area contributed by atoms with Gasteiger partial charge in [-0.3, -0.25) is 24.7 Å². The molecule has 0 radical (unpaired) electrons. The summed E-state index contributed by atoms with van der Waals surface area (Å²) in [7, 11) is 1.87.